The lowest BCUT2D eigenvalue weighted by atomic mass is 10.1. The molecule has 1 aromatic rings. The summed E-state index contributed by atoms with van der Waals surface area (Å²) in [6.07, 6.45) is 2.35. The molecule has 86 valence electrons. The number of hydrogen-bond acceptors (Lipinski definition) is 3. The van der Waals surface area contributed by atoms with Crippen molar-refractivity contribution < 1.29 is 9.66 Å². The molecule has 0 aliphatic heterocycles. The van der Waals surface area contributed by atoms with Gasteiger partial charge in [-0.25, -0.2) is 0 Å². The molecular weight excluding hydrogens is 206 g/mol. The van der Waals surface area contributed by atoms with E-state index in [1.54, 1.807) is 18.2 Å². The van der Waals surface area contributed by atoms with Crippen molar-refractivity contribution in [1.82, 2.24) is 0 Å². The molecule has 0 radical (unpaired) electrons. The maximum atomic E-state index is 10.2. The Balaban J connectivity index is 2.83. The monoisotopic (exact) mass is 221 g/mol. The third kappa shape index (κ3) is 4.59. The van der Waals surface area contributed by atoms with Crippen LogP contribution in [0.1, 0.15) is 26.3 Å². The molecule has 0 aliphatic rings. The van der Waals surface area contributed by atoms with Crippen LogP contribution >= 0.6 is 0 Å². The molecule has 0 aromatic heterocycles. The summed E-state index contributed by atoms with van der Waals surface area (Å²) in [5.74, 6) is 0.706. The van der Waals surface area contributed by atoms with E-state index in [0.717, 1.165) is 11.8 Å². The van der Waals surface area contributed by atoms with Gasteiger partial charge in [-0.3, -0.25) is 10.1 Å². The number of nitrogens with zero attached hydrogens (tertiary/aromatic N) is 1. The van der Waals surface area contributed by atoms with Gasteiger partial charge in [0.1, 0.15) is 11.4 Å². The standard InChI is InChI=1S/C12H15NO3/c1-12(2,3)16-11-6-4-5-10(9-11)7-8-13(14)15/h4-9H,1-3H3/b8-7+. The van der Waals surface area contributed by atoms with E-state index in [1.165, 1.54) is 6.08 Å². The first kappa shape index (κ1) is 12.2. The van der Waals surface area contributed by atoms with Crippen molar-refractivity contribution in [3.8, 4) is 5.75 Å². The van der Waals surface area contributed by atoms with Crippen LogP contribution in [0.3, 0.4) is 0 Å². The predicted molar refractivity (Wildman–Crippen MR) is 62.9 cm³/mol. The van der Waals surface area contributed by atoms with Crippen LogP contribution in [0.4, 0.5) is 0 Å². The largest absolute Gasteiger partial charge is 0.488 e. The summed E-state index contributed by atoms with van der Waals surface area (Å²) in [5, 5.41) is 10.2. The molecule has 4 heteroatoms. The second kappa shape index (κ2) is 4.79. The van der Waals surface area contributed by atoms with Gasteiger partial charge in [0, 0.05) is 6.08 Å². The van der Waals surface area contributed by atoms with E-state index in [1.807, 2.05) is 26.8 Å². The van der Waals surface area contributed by atoms with Crippen molar-refractivity contribution in [1.29, 1.82) is 0 Å². The Labute approximate surface area is 94.7 Å². The zero-order chi connectivity index (χ0) is 12.2. The Morgan fingerprint density at radius 1 is 1.38 bits per heavy atom. The third-order valence-corrected chi connectivity index (χ3v) is 1.67. The Morgan fingerprint density at radius 2 is 2.06 bits per heavy atom. The molecule has 0 fully saturated rings. The van der Waals surface area contributed by atoms with Gasteiger partial charge in [-0.05, 0) is 38.5 Å². The molecule has 16 heavy (non-hydrogen) atoms. The van der Waals surface area contributed by atoms with Crippen LogP contribution in [-0.2, 0) is 0 Å². The van der Waals surface area contributed by atoms with Crippen LogP contribution in [0, 0.1) is 10.1 Å². The normalized spacial score (nSPS) is 11.7. The predicted octanol–water partition coefficient (Wildman–Crippen LogP) is 3.11. The maximum Gasteiger partial charge on any atom is 0.235 e. The van der Waals surface area contributed by atoms with Gasteiger partial charge < -0.3 is 4.74 Å². The average Bonchev–Trinajstić information content (AvgIpc) is 2.12. The third-order valence-electron chi connectivity index (χ3n) is 1.67. The fourth-order valence-electron chi connectivity index (χ4n) is 1.18. The highest BCUT2D eigenvalue weighted by Gasteiger charge is 2.11. The van der Waals surface area contributed by atoms with E-state index in [2.05, 4.69) is 0 Å². The van der Waals surface area contributed by atoms with Gasteiger partial charge in [0.15, 0.2) is 0 Å². The minimum absolute atomic E-state index is 0.272. The highest BCUT2D eigenvalue weighted by atomic mass is 16.6. The smallest absolute Gasteiger partial charge is 0.235 e. The first-order valence-electron chi connectivity index (χ1n) is 4.97. The Morgan fingerprint density at radius 3 is 2.62 bits per heavy atom. The molecule has 4 nitrogen and oxygen atoms in total. The van der Waals surface area contributed by atoms with Crippen LogP contribution in [-0.4, -0.2) is 10.5 Å². The first-order valence-corrected chi connectivity index (χ1v) is 4.97. The minimum atomic E-state index is -0.489. The molecule has 0 N–H and O–H groups in total. The number of rotatable bonds is 3. The molecule has 0 spiro atoms. The van der Waals surface area contributed by atoms with Crippen molar-refractivity contribution >= 4 is 6.08 Å². The molecule has 0 atom stereocenters. The maximum absolute atomic E-state index is 10.2. The summed E-state index contributed by atoms with van der Waals surface area (Å²) in [6, 6.07) is 7.19. The second-order valence-electron chi connectivity index (χ2n) is 4.39. The fourth-order valence-corrected chi connectivity index (χ4v) is 1.18. The van der Waals surface area contributed by atoms with Crippen LogP contribution < -0.4 is 4.74 Å². The summed E-state index contributed by atoms with van der Waals surface area (Å²) in [6.45, 7) is 5.85. The zero-order valence-electron chi connectivity index (χ0n) is 9.64. The van der Waals surface area contributed by atoms with Crippen LogP contribution in [0.25, 0.3) is 6.08 Å². The van der Waals surface area contributed by atoms with Crippen molar-refractivity contribution in [2.75, 3.05) is 0 Å². The quantitative estimate of drug-likeness (QED) is 0.582. The summed E-state index contributed by atoms with van der Waals surface area (Å²) >= 11 is 0. The van der Waals surface area contributed by atoms with E-state index in [9.17, 15) is 10.1 Å². The van der Waals surface area contributed by atoms with Crippen molar-refractivity contribution in [2.24, 2.45) is 0 Å². The van der Waals surface area contributed by atoms with Crippen LogP contribution in [0.5, 0.6) is 5.75 Å². The van der Waals surface area contributed by atoms with Crippen LogP contribution in [0.2, 0.25) is 0 Å². The van der Waals surface area contributed by atoms with Gasteiger partial charge in [0.05, 0.1) is 4.92 Å². The lowest BCUT2D eigenvalue weighted by Gasteiger charge is -2.21. The highest BCUT2D eigenvalue weighted by Crippen LogP contribution is 2.19. The minimum Gasteiger partial charge on any atom is -0.488 e. The van der Waals surface area contributed by atoms with Crippen molar-refractivity contribution in [2.45, 2.75) is 26.4 Å². The number of benzene rings is 1. The summed E-state index contributed by atoms with van der Waals surface area (Å²) in [5.41, 5.74) is 0.476. The van der Waals surface area contributed by atoms with Gasteiger partial charge in [-0.1, -0.05) is 12.1 Å². The zero-order valence-corrected chi connectivity index (χ0v) is 9.64. The van der Waals surface area contributed by atoms with Gasteiger partial charge in [0.2, 0.25) is 6.20 Å². The van der Waals surface area contributed by atoms with E-state index < -0.39 is 4.92 Å². The summed E-state index contributed by atoms with van der Waals surface area (Å²) in [7, 11) is 0. The Hall–Kier alpha value is -1.84. The Bertz CT molecular complexity index is 405. The summed E-state index contributed by atoms with van der Waals surface area (Å²) in [4.78, 5) is 9.69. The molecule has 0 bridgehead atoms. The Kier molecular flexibility index (Phi) is 3.66. The van der Waals surface area contributed by atoms with E-state index in [4.69, 9.17) is 4.74 Å². The molecule has 0 unspecified atom stereocenters. The average molecular weight is 221 g/mol. The molecule has 0 heterocycles. The SMILES string of the molecule is CC(C)(C)Oc1cccc(/C=C/[N+](=O)[O-])c1. The summed E-state index contributed by atoms with van der Waals surface area (Å²) < 4.78 is 5.65. The van der Waals surface area contributed by atoms with Crippen molar-refractivity contribution in [3.05, 3.63) is 46.1 Å². The van der Waals surface area contributed by atoms with E-state index >= 15 is 0 Å². The second-order valence-corrected chi connectivity index (χ2v) is 4.39. The molecule has 1 rings (SSSR count). The lowest BCUT2D eigenvalue weighted by Crippen LogP contribution is -2.22. The fraction of sp³-hybridized carbons (Fsp3) is 0.333. The van der Waals surface area contributed by atoms with E-state index in [0.29, 0.717) is 5.75 Å². The topological polar surface area (TPSA) is 52.4 Å². The van der Waals surface area contributed by atoms with E-state index in [-0.39, 0.29) is 5.60 Å². The van der Waals surface area contributed by atoms with Gasteiger partial charge in [0.25, 0.3) is 0 Å². The van der Waals surface area contributed by atoms with Crippen LogP contribution in [0.15, 0.2) is 30.5 Å². The molecular formula is C12H15NO3. The molecule has 0 aliphatic carbocycles. The number of hydrogen-bond donors (Lipinski definition) is 0. The van der Waals surface area contributed by atoms with Gasteiger partial charge in [-0.2, -0.15) is 0 Å². The first-order chi connectivity index (χ1) is 7.37. The molecule has 0 saturated heterocycles. The molecule has 1 aromatic carbocycles. The molecule has 0 saturated carbocycles. The van der Waals surface area contributed by atoms with Gasteiger partial charge in [-0.15, -0.1) is 0 Å². The number of nitro groups is 1. The number of ether oxygens (including phenoxy) is 1. The highest BCUT2D eigenvalue weighted by molar-refractivity contribution is 5.50. The lowest BCUT2D eigenvalue weighted by molar-refractivity contribution is -0.400. The van der Waals surface area contributed by atoms with Crippen molar-refractivity contribution in [3.63, 3.8) is 0 Å². The molecule has 0 amide bonds. The van der Waals surface area contributed by atoms with Gasteiger partial charge >= 0.3 is 0 Å².